The first kappa shape index (κ1) is 46.2. The van der Waals surface area contributed by atoms with Gasteiger partial charge in [0.25, 0.3) is 0 Å². The normalized spacial score (nSPS) is 14.4. The molecule has 7 aromatic rings. The number of nitrogens with zero attached hydrogens (tertiary/aromatic N) is 4. The van der Waals surface area contributed by atoms with Gasteiger partial charge in [-0.05, 0) is 147 Å². The number of benzene rings is 3. The van der Waals surface area contributed by atoms with Gasteiger partial charge in [0.2, 0.25) is 0 Å². The van der Waals surface area contributed by atoms with Crippen LogP contribution < -0.4 is 16.2 Å². The van der Waals surface area contributed by atoms with Gasteiger partial charge in [0.05, 0.1) is 45.2 Å². The number of anilines is 2. The van der Waals surface area contributed by atoms with Gasteiger partial charge in [0, 0.05) is 57.2 Å². The minimum Gasteiger partial charge on any atom is -0.448 e. The number of nitrogens with two attached hydrogens (primary N) is 2. The molecule has 1 aliphatic carbocycles. The highest BCUT2D eigenvalue weighted by Crippen LogP contribution is 2.43. The van der Waals surface area contributed by atoms with Gasteiger partial charge in [-0.3, -0.25) is 9.97 Å². The van der Waals surface area contributed by atoms with Gasteiger partial charge < -0.3 is 25.3 Å². The van der Waals surface area contributed by atoms with Gasteiger partial charge in [-0.25, -0.2) is 0 Å². The molecule has 4 N–H and O–H groups in total. The quantitative estimate of drug-likeness (QED) is 0.0941. The molecule has 2 aliphatic rings. The van der Waals surface area contributed by atoms with Crippen molar-refractivity contribution in [2.75, 3.05) is 11.5 Å². The van der Waals surface area contributed by atoms with Crippen LogP contribution in [0.15, 0.2) is 188 Å². The van der Waals surface area contributed by atoms with Crippen molar-refractivity contribution in [2.45, 2.75) is 54.4 Å². The molecule has 0 amide bonds. The van der Waals surface area contributed by atoms with Gasteiger partial charge in [-0.1, -0.05) is 106 Å². The van der Waals surface area contributed by atoms with Crippen LogP contribution >= 0.6 is 0 Å². The zero-order valence-electron chi connectivity index (χ0n) is 40.0. The van der Waals surface area contributed by atoms with Crippen molar-refractivity contribution in [3.05, 3.63) is 228 Å². The van der Waals surface area contributed by atoms with Crippen LogP contribution in [0.2, 0.25) is 0 Å². The number of nitrogen functional groups attached to an aromatic ring is 2. The molecule has 2 bridgehead atoms. The molecule has 68 heavy (non-hydrogen) atoms. The summed E-state index contributed by atoms with van der Waals surface area (Å²) in [6.45, 7) is 18.3. The summed E-state index contributed by atoms with van der Waals surface area (Å²) >= 11 is 0. The zero-order chi connectivity index (χ0) is 47.9. The highest BCUT2D eigenvalue weighted by atomic mass is 16.5. The molecule has 4 aromatic heterocycles. The Bertz CT molecular complexity index is 3390. The fourth-order valence-electron chi connectivity index (χ4n) is 9.12. The number of ether oxygens (including phenoxy) is 1. The maximum absolute atomic E-state index is 7.11. The lowest BCUT2D eigenvalue weighted by Gasteiger charge is -2.18. The Morgan fingerprint density at radius 2 is 1.41 bits per heavy atom. The third-order valence-corrected chi connectivity index (χ3v) is 12.3. The SMILES string of the molecule is C=C/C=C\c1c(N)c2cc(C(C)/C(=C\C=C/C)c3ccccn3)ccc2n1-c1ccc2c(c1)C1=C=C(C=CC(n3c(/C=C\C)c(N)c4cc(C(=C/C)/C(=C\C)c5ccccn5)ccc43)=C1)O2.CC. The standard InChI is InChI=1S/C59H52N6O.C2H6/c1-7-12-19-47(52-21-15-17-32-63-52)38(6)39-23-28-53-49(35-39)59(61)56(22-13-8-2)65(53)43-26-30-57-48(37-43)41-33-42(25-27-44(34-41)66-57)64-54-29-24-40(36-50(54)58(60)55(64)18-9-3)45(10-4)46(11-5)51-20-14-16-31-62-51;1-2/h7-33,35-38H,2,60-61H2,1,3-6H3;1-2H3/b12-7-,18-9-,22-13-,45-10-,46-11+,47-19+;. The fourth-order valence-corrected chi connectivity index (χ4v) is 9.12. The molecule has 0 fully saturated rings. The van der Waals surface area contributed by atoms with Crippen LogP contribution in [0.25, 0.3) is 67.6 Å². The maximum Gasteiger partial charge on any atom is 0.170 e. The zero-order valence-corrected chi connectivity index (χ0v) is 40.0. The lowest BCUT2D eigenvalue weighted by atomic mass is 9.89. The van der Waals surface area contributed by atoms with E-state index < -0.39 is 0 Å². The first-order chi connectivity index (χ1) is 33.3. The van der Waals surface area contributed by atoms with Crippen LogP contribution in [0.3, 0.4) is 0 Å². The van der Waals surface area contributed by atoms with E-state index in [4.69, 9.17) is 21.2 Å². The lowest BCUT2D eigenvalue weighted by molar-refractivity contribution is 0.441. The smallest absolute Gasteiger partial charge is 0.170 e. The van der Waals surface area contributed by atoms with Crippen LogP contribution in [0.4, 0.5) is 11.4 Å². The molecule has 0 radical (unpaired) electrons. The Labute approximate surface area is 400 Å². The van der Waals surface area contributed by atoms with E-state index in [0.29, 0.717) is 17.1 Å². The molecule has 1 aliphatic heterocycles. The van der Waals surface area contributed by atoms with Gasteiger partial charge in [-0.2, -0.15) is 0 Å². The third kappa shape index (κ3) is 8.59. The predicted octanol–water partition coefficient (Wildman–Crippen LogP) is 15.4. The van der Waals surface area contributed by atoms with E-state index in [0.717, 1.165) is 101 Å². The lowest BCUT2D eigenvalue weighted by Crippen LogP contribution is -2.03. The van der Waals surface area contributed by atoms with Crippen LogP contribution in [-0.2, 0) is 0 Å². The highest BCUT2D eigenvalue weighted by Gasteiger charge is 2.24. The van der Waals surface area contributed by atoms with Crippen molar-refractivity contribution in [1.82, 2.24) is 19.1 Å². The molecular formula is C61H58N6O. The first-order valence-corrected chi connectivity index (χ1v) is 23.3. The number of aromatic nitrogens is 4. The number of allylic oxidation sites excluding steroid dienone is 15. The summed E-state index contributed by atoms with van der Waals surface area (Å²) in [6, 6.07) is 31.4. The topological polar surface area (TPSA) is 96.9 Å². The summed E-state index contributed by atoms with van der Waals surface area (Å²) in [5.74, 6) is 1.42. The summed E-state index contributed by atoms with van der Waals surface area (Å²) in [7, 11) is 0. The van der Waals surface area contributed by atoms with Crippen molar-refractivity contribution in [3.8, 4) is 11.4 Å². The van der Waals surface area contributed by atoms with E-state index >= 15 is 0 Å². The molecule has 7 nitrogen and oxygen atoms in total. The van der Waals surface area contributed by atoms with E-state index in [9.17, 15) is 0 Å². The summed E-state index contributed by atoms with van der Waals surface area (Å²) in [4.78, 5) is 9.36. The van der Waals surface area contributed by atoms with Crippen molar-refractivity contribution in [3.63, 3.8) is 0 Å². The average Bonchev–Trinajstić information content (AvgIpc) is 3.73. The summed E-state index contributed by atoms with van der Waals surface area (Å²) in [5.41, 5.74) is 33.8. The second-order valence-corrected chi connectivity index (χ2v) is 16.2. The molecular weight excluding hydrogens is 833 g/mol. The van der Waals surface area contributed by atoms with Gasteiger partial charge in [0.15, 0.2) is 5.76 Å². The number of hydrogen-bond donors (Lipinski definition) is 2. The maximum atomic E-state index is 7.11. The van der Waals surface area contributed by atoms with E-state index in [1.165, 1.54) is 0 Å². The Hall–Kier alpha value is -8.38. The van der Waals surface area contributed by atoms with Gasteiger partial charge in [-0.15, -0.1) is 0 Å². The molecule has 7 heteroatoms. The molecule has 1 unspecified atom stereocenters. The Morgan fingerprint density at radius 1 is 0.721 bits per heavy atom. The molecule has 3 aromatic carbocycles. The van der Waals surface area contributed by atoms with Crippen molar-refractivity contribution in [2.24, 2.45) is 0 Å². The third-order valence-electron chi connectivity index (χ3n) is 12.3. The largest absolute Gasteiger partial charge is 0.448 e. The summed E-state index contributed by atoms with van der Waals surface area (Å²) < 4.78 is 10.9. The Kier molecular flexibility index (Phi) is 13.9. The van der Waals surface area contributed by atoms with E-state index in [-0.39, 0.29) is 5.92 Å². The number of rotatable bonds is 12. The van der Waals surface area contributed by atoms with Crippen molar-refractivity contribution >= 4 is 73.3 Å². The van der Waals surface area contributed by atoms with Crippen LogP contribution in [0, 0.1) is 0 Å². The van der Waals surface area contributed by atoms with Crippen LogP contribution in [-0.4, -0.2) is 19.1 Å². The summed E-state index contributed by atoms with van der Waals surface area (Å²) in [6.07, 6.45) is 30.2. The van der Waals surface area contributed by atoms with E-state index in [1.54, 1.807) is 6.08 Å². The predicted molar refractivity (Wildman–Crippen MR) is 291 cm³/mol. The van der Waals surface area contributed by atoms with Crippen LogP contribution in [0.5, 0.6) is 5.75 Å². The Balaban J connectivity index is 0.00000308. The molecule has 0 saturated heterocycles. The monoisotopic (exact) mass is 890 g/mol. The second-order valence-electron chi connectivity index (χ2n) is 16.2. The van der Waals surface area contributed by atoms with Crippen LogP contribution in [0.1, 0.15) is 93.9 Å². The molecule has 0 spiro atoms. The minimum absolute atomic E-state index is 0.0473. The van der Waals surface area contributed by atoms with E-state index in [1.807, 2.05) is 114 Å². The second kappa shape index (κ2) is 20.4. The molecule has 9 rings (SSSR count). The Morgan fingerprint density at radius 3 is 2.09 bits per heavy atom. The van der Waals surface area contributed by atoms with Gasteiger partial charge >= 0.3 is 0 Å². The van der Waals surface area contributed by atoms with E-state index in [2.05, 4.69) is 137 Å². The molecule has 0 saturated carbocycles. The first-order valence-electron chi connectivity index (χ1n) is 23.3. The minimum atomic E-state index is 0.0473. The van der Waals surface area contributed by atoms with Gasteiger partial charge in [0.1, 0.15) is 5.75 Å². The number of hydrogen-bond acceptors (Lipinski definition) is 5. The average molecular weight is 891 g/mol. The number of pyridine rings is 2. The fraction of sp³-hybridized carbons (Fsp3) is 0.131. The molecule has 5 heterocycles. The summed E-state index contributed by atoms with van der Waals surface area (Å²) in [5, 5.41) is 1.92. The number of fused-ring (bicyclic) bond motifs is 4. The van der Waals surface area contributed by atoms with Crippen molar-refractivity contribution in [1.29, 1.82) is 0 Å². The highest BCUT2D eigenvalue weighted by molar-refractivity contribution is 6.08. The van der Waals surface area contributed by atoms with Crippen molar-refractivity contribution < 1.29 is 4.74 Å². The molecule has 1 atom stereocenters. The molecule has 338 valence electrons.